The van der Waals surface area contributed by atoms with E-state index in [1.807, 2.05) is 36.4 Å². The first-order valence-corrected chi connectivity index (χ1v) is 9.84. The van der Waals surface area contributed by atoms with Crippen LogP contribution in [0.1, 0.15) is 23.7 Å². The summed E-state index contributed by atoms with van der Waals surface area (Å²) in [6.07, 6.45) is 7.98. The number of phenolic OH excluding ortho intramolecular Hbond substituents is 2. The largest absolute Gasteiger partial charge is 0.504 e. The molecule has 4 rings (SSSR count). The zero-order valence-electron chi connectivity index (χ0n) is 16.0. The first-order chi connectivity index (χ1) is 14.1. The minimum atomic E-state index is -0.702. The van der Waals surface area contributed by atoms with E-state index in [9.17, 15) is 15.3 Å². The lowest BCUT2D eigenvalue weighted by atomic mass is 9.89. The van der Waals surface area contributed by atoms with Crippen LogP contribution in [-0.4, -0.2) is 34.0 Å². The van der Waals surface area contributed by atoms with Gasteiger partial charge in [0.1, 0.15) is 11.9 Å². The molecule has 0 radical (unpaired) electrons. The number of benzene rings is 2. The van der Waals surface area contributed by atoms with Crippen molar-refractivity contribution in [3.63, 3.8) is 0 Å². The lowest BCUT2D eigenvalue weighted by molar-refractivity contribution is 0.0769. The Morgan fingerprint density at radius 1 is 1.00 bits per heavy atom. The van der Waals surface area contributed by atoms with E-state index in [0.717, 1.165) is 16.7 Å². The van der Waals surface area contributed by atoms with Gasteiger partial charge in [-0.1, -0.05) is 54.6 Å². The van der Waals surface area contributed by atoms with Gasteiger partial charge in [0.05, 0.1) is 6.10 Å². The maximum absolute atomic E-state index is 10.6. The van der Waals surface area contributed by atoms with Gasteiger partial charge in [0.25, 0.3) is 0 Å². The normalized spacial score (nSPS) is 23.4. The molecule has 0 saturated heterocycles. The molecule has 1 aliphatic heterocycles. The number of nitrogens with one attached hydrogen (secondary N) is 1. The van der Waals surface area contributed by atoms with E-state index in [1.165, 1.54) is 6.07 Å². The molecule has 2 aromatic rings. The third-order valence-corrected chi connectivity index (χ3v) is 5.37. The maximum Gasteiger partial charge on any atom is 0.157 e. The van der Waals surface area contributed by atoms with Gasteiger partial charge in [-0.05, 0) is 42.3 Å². The highest BCUT2D eigenvalue weighted by atomic mass is 16.5. The van der Waals surface area contributed by atoms with E-state index >= 15 is 0 Å². The lowest BCUT2D eigenvalue weighted by Gasteiger charge is -2.35. The monoisotopic (exact) mass is 391 g/mol. The van der Waals surface area contributed by atoms with Gasteiger partial charge >= 0.3 is 0 Å². The van der Waals surface area contributed by atoms with E-state index in [0.29, 0.717) is 25.1 Å². The van der Waals surface area contributed by atoms with Crippen molar-refractivity contribution in [1.29, 1.82) is 0 Å². The number of aliphatic hydroxyl groups excluding tert-OH is 1. The molecule has 1 heterocycles. The van der Waals surface area contributed by atoms with Crippen molar-refractivity contribution < 1.29 is 20.1 Å². The molecule has 3 unspecified atom stereocenters. The van der Waals surface area contributed by atoms with Crippen molar-refractivity contribution in [3.8, 4) is 11.5 Å². The molecular weight excluding hydrogens is 366 g/mol. The molecule has 0 amide bonds. The maximum atomic E-state index is 10.6. The molecule has 5 heteroatoms. The molecule has 1 aliphatic carbocycles. The molecule has 4 N–H and O–H groups in total. The molecule has 150 valence electrons. The fourth-order valence-corrected chi connectivity index (χ4v) is 3.87. The molecule has 2 aliphatic rings. The fourth-order valence-electron chi connectivity index (χ4n) is 3.87. The molecule has 0 bridgehead atoms. The first kappa shape index (κ1) is 19.3. The van der Waals surface area contributed by atoms with E-state index in [4.69, 9.17) is 4.74 Å². The SMILES string of the molecule is Oc1ccc(CCNC2CC(c3ccccc3)OC3=C2C(O)C=CC=C3)cc1O. The van der Waals surface area contributed by atoms with Gasteiger partial charge in [0, 0.05) is 18.0 Å². The van der Waals surface area contributed by atoms with Crippen LogP contribution in [0.2, 0.25) is 0 Å². The summed E-state index contributed by atoms with van der Waals surface area (Å²) < 4.78 is 6.24. The van der Waals surface area contributed by atoms with Crippen LogP contribution in [0.5, 0.6) is 11.5 Å². The van der Waals surface area contributed by atoms with Crippen LogP contribution < -0.4 is 5.32 Å². The molecule has 29 heavy (non-hydrogen) atoms. The molecule has 0 aromatic heterocycles. The van der Waals surface area contributed by atoms with Gasteiger partial charge in [-0.3, -0.25) is 0 Å². The second-order valence-corrected chi connectivity index (χ2v) is 7.34. The highest BCUT2D eigenvalue weighted by Gasteiger charge is 2.33. The molecular formula is C24H25NO4. The van der Waals surface area contributed by atoms with Crippen LogP contribution in [-0.2, 0) is 11.2 Å². The van der Waals surface area contributed by atoms with Crippen molar-refractivity contribution in [1.82, 2.24) is 5.32 Å². The Kier molecular flexibility index (Phi) is 5.69. The summed E-state index contributed by atoms with van der Waals surface area (Å²) in [7, 11) is 0. The number of ether oxygens (including phenoxy) is 1. The Bertz CT molecular complexity index is 949. The molecule has 3 atom stereocenters. The minimum Gasteiger partial charge on any atom is -0.504 e. The van der Waals surface area contributed by atoms with Crippen molar-refractivity contribution in [3.05, 3.63) is 95.3 Å². The summed E-state index contributed by atoms with van der Waals surface area (Å²) >= 11 is 0. The van der Waals surface area contributed by atoms with Crippen molar-refractivity contribution in [2.75, 3.05) is 6.54 Å². The van der Waals surface area contributed by atoms with Crippen LogP contribution in [0.4, 0.5) is 0 Å². The fraction of sp³-hybridized carbons (Fsp3) is 0.250. The second kappa shape index (κ2) is 8.55. The molecule has 0 saturated carbocycles. The van der Waals surface area contributed by atoms with E-state index in [1.54, 1.807) is 18.2 Å². The molecule has 0 fully saturated rings. The number of phenols is 2. The van der Waals surface area contributed by atoms with Crippen molar-refractivity contribution in [2.45, 2.75) is 31.1 Å². The lowest BCUT2D eigenvalue weighted by Crippen LogP contribution is -2.41. The van der Waals surface area contributed by atoms with Gasteiger partial charge in [-0.2, -0.15) is 0 Å². The van der Waals surface area contributed by atoms with Gasteiger partial charge in [0.2, 0.25) is 0 Å². The zero-order valence-corrected chi connectivity index (χ0v) is 16.0. The van der Waals surface area contributed by atoms with Crippen LogP contribution in [0.25, 0.3) is 0 Å². The summed E-state index contributed by atoms with van der Waals surface area (Å²) in [6.45, 7) is 0.660. The number of hydrogen-bond donors (Lipinski definition) is 4. The molecule has 2 aromatic carbocycles. The topological polar surface area (TPSA) is 82.0 Å². The predicted octanol–water partition coefficient (Wildman–Crippen LogP) is 3.50. The third-order valence-electron chi connectivity index (χ3n) is 5.37. The number of hydrogen-bond acceptors (Lipinski definition) is 5. The Hall–Kier alpha value is -3.02. The summed E-state index contributed by atoms with van der Waals surface area (Å²) in [5.41, 5.74) is 2.88. The zero-order chi connectivity index (χ0) is 20.2. The summed E-state index contributed by atoms with van der Waals surface area (Å²) in [5, 5.41) is 33.3. The smallest absolute Gasteiger partial charge is 0.157 e. The quantitative estimate of drug-likeness (QED) is 0.587. The number of rotatable bonds is 5. The minimum absolute atomic E-state index is 0.0444. The van der Waals surface area contributed by atoms with Crippen molar-refractivity contribution >= 4 is 0 Å². The van der Waals surface area contributed by atoms with E-state index in [-0.39, 0.29) is 23.6 Å². The Morgan fingerprint density at radius 2 is 1.83 bits per heavy atom. The van der Waals surface area contributed by atoms with Gasteiger partial charge in [0.15, 0.2) is 11.5 Å². The Labute approximate surface area is 170 Å². The van der Waals surface area contributed by atoms with Crippen LogP contribution >= 0.6 is 0 Å². The standard InChI is InChI=1S/C24H25NO4/c26-19-11-10-16(14-21(19)28)12-13-25-18-15-23(17-6-2-1-3-7-17)29-22-9-5-4-8-20(27)24(18)22/h1-11,14,18,20,23,25-28H,12-13,15H2. The number of aromatic hydroxyl groups is 2. The summed E-state index contributed by atoms with van der Waals surface area (Å²) in [5.74, 6) is 0.478. The van der Waals surface area contributed by atoms with E-state index in [2.05, 4.69) is 17.4 Å². The molecule has 5 nitrogen and oxygen atoms in total. The van der Waals surface area contributed by atoms with Crippen LogP contribution in [0, 0.1) is 0 Å². The Balaban J connectivity index is 1.52. The highest BCUT2D eigenvalue weighted by molar-refractivity contribution is 5.41. The van der Waals surface area contributed by atoms with E-state index < -0.39 is 6.10 Å². The predicted molar refractivity (Wildman–Crippen MR) is 111 cm³/mol. The van der Waals surface area contributed by atoms with Gasteiger partial charge in [-0.15, -0.1) is 0 Å². The molecule has 0 spiro atoms. The average molecular weight is 391 g/mol. The van der Waals surface area contributed by atoms with Crippen LogP contribution in [0.15, 0.2) is 84.2 Å². The number of allylic oxidation sites excluding steroid dienone is 3. The summed E-state index contributed by atoms with van der Waals surface area (Å²) in [4.78, 5) is 0. The highest BCUT2D eigenvalue weighted by Crippen LogP contribution is 2.37. The van der Waals surface area contributed by atoms with Gasteiger partial charge in [-0.25, -0.2) is 0 Å². The Morgan fingerprint density at radius 3 is 2.62 bits per heavy atom. The average Bonchev–Trinajstić information content (AvgIpc) is 2.92. The first-order valence-electron chi connectivity index (χ1n) is 9.84. The number of aliphatic hydroxyl groups is 1. The summed E-state index contributed by atoms with van der Waals surface area (Å²) in [6, 6.07) is 14.9. The van der Waals surface area contributed by atoms with Crippen LogP contribution in [0.3, 0.4) is 0 Å². The second-order valence-electron chi connectivity index (χ2n) is 7.34. The van der Waals surface area contributed by atoms with Crippen molar-refractivity contribution in [2.24, 2.45) is 0 Å². The van der Waals surface area contributed by atoms with Gasteiger partial charge < -0.3 is 25.4 Å². The third kappa shape index (κ3) is 4.36.